The molecule has 0 unspecified atom stereocenters. The highest BCUT2D eigenvalue weighted by molar-refractivity contribution is 5.90. The lowest BCUT2D eigenvalue weighted by molar-refractivity contribution is -0.122. The fraction of sp³-hybridized carbons (Fsp3) is 0.579. The van der Waals surface area contributed by atoms with Crippen molar-refractivity contribution in [2.75, 3.05) is 27.2 Å². The summed E-state index contributed by atoms with van der Waals surface area (Å²) < 4.78 is 10.3. The summed E-state index contributed by atoms with van der Waals surface area (Å²) in [6.45, 7) is 3.15. The van der Waals surface area contributed by atoms with Gasteiger partial charge in [0.15, 0.2) is 0 Å². The van der Waals surface area contributed by atoms with Gasteiger partial charge in [0.25, 0.3) is 0 Å². The number of allylic oxidation sites excluding steroid dienone is 1. The minimum Gasteiger partial charge on any atom is -0.465 e. The molecule has 0 aromatic carbocycles. The number of amides is 1. The lowest BCUT2D eigenvalue weighted by atomic mass is 9.97. The Morgan fingerprint density at radius 2 is 2.16 bits per heavy atom. The number of hydrogen-bond donors (Lipinski definition) is 1. The first-order chi connectivity index (χ1) is 12.0. The fourth-order valence-electron chi connectivity index (χ4n) is 3.05. The summed E-state index contributed by atoms with van der Waals surface area (Å²) in [6.07, 6.45) is 8.12. The number of hydrogen-bond acceptors (Lipinski definition) is 5. The van der Waals surface area contributed by atoms with E-state index in [1.807, 2.05) is 11.9 Å². The van der Waals surface area contributed by atoms with Crippen LogP contribution >= 0.6 is 0 Å². The van der Waals surface area contributed by atoms with E-state index in [0.717, 1.165) is 12.8 Å². The second kappa shape index (κ2) is 9.42. The number of aryl methyl sites for hydroxylation is 1. The summed E-state index contributed by atoms with van der Waals surface area (Å²) in [4.78, 5) is 25.5. The smallest absolute Gasteiger partial charge is 0.341 e. The average Bonchev–Trinajstić information content (AvgIpc) is 2.95. The third kappa shape index (κ3) is 6.05. The van der Waals surface area contributed by atoms with Crippen molar-refractivity contribution >= 4 is 11.9 Å². The number of nitrogens with one attached hydrogen (secondary N) is 1. The normalized spacial score (nSPS) is 14.3. The second-order valence-corrected chi connectivity index (χ2v) is 6.55. The number of ether oxygens (including phenoxy) is 1. The maximum atomic E-state index is 12.0. The molecule has 6 heteroatoms. The monoisotopic (exact) mass is 348 g/mol. The molecule has 0 saturated carbocycles. The summed E-state index contributed by atoms with van der Waals surface area (Å²) in [5.74, 6) is 0.751. The minimum atomic E-state index is -0.412. The topological polar surface area (TPSA) is 71.8 Å². The molecule has 0 saturated heterocycles. The van der Waals surface area contributed by atoms with Crippen LogP contribution in [0.25, 0.3) is 0 Å². The van der Waals surface area contributed by atoms with Crippen LogP contribution in [-0.2, 0) is 16.1 Å². The van der Waals surface area contributed by atoms with Gasteiger partial charge in [0.05, 0.1) is 20.2 Å². The Bertz CT molecular complexity index is 633. The number of likely N-dealkylation sites (N-methyl/N-ethyl adjacent to an activating group) is 1. The third-order valence-corrected chi connectivity index (χ3v) is 4.37. The number of carbonyl (C=O) groups is 2. The van der Waals surface area contributed by atoms with E-state index in [0.29, 0.717) is 30.2 Å². The second-order valence-electron chi connectivity index (χ2n) is 6.55. The van der Waals surface area contributed by atoms with Crippen molar-refractivity contribution in [3.63, 3.8) is 0 Å². The lowest BCUT2D eigenvalue weighted by Gasteiger charge is -2.16. The summed E-state index contributed by atoms with van der Waals surface area (Å²) in [6, 6.07) is 1.67. The quantitative estimate of drug-likeness (QED) is 0.578. The van der Waals surface area contributed by atoms with Crippen LogP contribution in [0.15, 0.2) is 22.1 Å². The van der Waals surface area contributed by atoms with Gasteiger partial charge in [-0.3, -0.25) is 9.69 Å². The molecule has 0 radical (unpaired) electrons. The fourth-order valence-corrected chi connectivity index (χ4v) is 3.05. The van der Waals surface area contributed by atoms with Crippen LogP contribution < -0.4 is 5.32 Å². The van der Waals surface area contributed by atoms with E-state index in [9.17, 15) is 9.59 Å². The Hall–Kier alpha value is -2.08. The van der Waals surface area contributed by atoms with Crippen LogP contribution in [0, 0.1) is 6.92 Å². The van der Waals surface area contributed by atoms with Gasteiger partial charge in [0.2, 0.25) is 5.91 Å². The number of esters is 1. The molecule has 1 N–H and O–H groups in total. The molecule has 1 aromatic heterocycles. The maximum absolute atomic E-state index is 12.0. The SMILES string of the molecule is COC(=O)c1cc(CN(C)CC(=O)NCCC2=CCCCC2)oc1C. The molecule has 1 heterocycles. The minimum absolute atomic E-state index is 0.00428. The van der Waals surface area contributed by atoms with Crippen LogP contribution in [0.2, 0.25) is 0 Å². The molecule has 1 amide bonds. The van der Waals surface area contributed by atoms with Gasteiger partial charge < -0.3 is 14.5 Å². The molecule has 0 spiro atoms. The maximum Gasteiger partial charge on any atom is 0.341 e. The Kier molecular flexibility index (Phi) is 7.25. The van der Waals surface area contributed by atoms with Gasteiger partial charge in [-0.15, -0.1) is 0 Å². The van der Waals surface area contributed by atoms with Crippen molar-refractivity contribution in [1.29, 1.82) is 0 Å². The van der Waals surface area contributed by atoms with E-state index in [2.05, 4.69) is 11.4 Å². The van der Waals surface area contributed by atoms with Crippen molar-refractivity contribution in [1.82, 2.24) is 10.2 Å². The molecular formula is C19H28N2O4. The largest absolute Gasteiger partial charge is 0.465 e. The first-order valence-electron chi connectivity index (χ1n) is 8.80. The predicted octanol–water partition coefficient (Wildman–Crippen LogP) is 2.81. The van der Waals surface area contributed by atoms with Crippen LogP contribution in [0.5, 0.6) is 0 Å². The highest BCUT2D eigenvalue weighted by Gasteiger charge is 2.17. The summed E-state index contributed by atoms with van der Waals surface area (Å²) in [5.41, 5.74) is 1.89. The van der Waals surface area contributed by atoms with E-state index >= 15 is 0 Å². The van der Waals surface area contributed by atoms with Gasteiger partial charge in [-0.05, 0) is 52.1 Å². The molecule has 0 fully saturated rings. The van der Waals surface area contributed by atoms with Gasteiger partial charge >= 0.3 is 5.97 Å². The Labute approximate surface area is 149 Å². The summed E-state index contributed by atoms with van der Waals surface area (Å²) in [7, 11) is 3.19. The molecule has 0 aliphatic heterocycles. The first-order valence-corrected chi connectivity index (χ1v) is 8.80. The molecule has 1 aliphatic rings. The van der Waals surface area contributed by atoms with Gasteiger partial charge in [-0.1, -0.05) is 11.6 Å². The van der Waals surface area contributed by atoms with Crippen molar-refractivity contribution in [2.24, 2.45) is 0 Å². The molecule has 2 rings (SSSR count). The first kappa shape index (κ1) is 19.2. The molecular weight excluding hydrogens is 320 g/mol. The number of rotatable bonds is 8. The summed E-state index contributed by atoms with van der Waals surface area (Å²) >= 11 is 0. The average molecular weight is 348 g/mol. The lowest BCUT2D eigenvalue weighted by Crippen LogP contribution is -2.35. The van der Waals surface area contributed by atoms with Crippen molar-refractivity contribution in [3.8, 4) is 0 Å². The zero-order chi connectivity index (χ0) is 18.2. The van der Waals surface area contributed by atoms with E-state index < -0.39 is 5.97 Å². The Morgan fingerprint density at radius 3 is 2.84 bits per heavy atom. The molecule has 138 valence electrons. The Morgan fingerprint density at radius 1 is 1.36 bits per heavy atom. The zero-order valence-corrected chi connectivity index (χ0v) is 15.4. The standard InChI is InChI=1S/C19H28N2O4/c1-14-17(19(23)24-3)11-16(25-14)12-21(2)13-18(22)20-10-9-15-7-5-4-6-8-15/h7,11H,4-6,8-10,12-13H2,1-3H3,(H,20,22). The predicted molar refractivity (Wildman–Crippen MR) is 95.3 cm³/mol. The van der Waals surface area contributed by atoms with E-state index in [-0.39, 0.29) is 12.5 Å². The van der Waals surface area contributed by atoms with Crippen molar-refractivity contribution in [2.45, 2.75) is 45.6 Å². The summed E-state index contributed by atoms with van der Waals surface area (Å²) in [5, 5.41) is 2.96. The highest BCUT2D eigenvalue weighted by Crippen LogP contribution is 2.19. The van der Waals surface area contributed by atoms with Gasteiger partial charge in [-0.2, -0.15) is 0 Å². The van der Waals surface area contributed by atoms with E-state index in [4.69, 9.17) is 9.15 Å². The van der Waals surface area contributed by atoms with Crippen LogP contribution in [0.3, 0.4) is 0 Å². The van der Waals surface area contributed by atoms with Crippen LogP contribution in [-0.4, -0.2) is 44.0 Å². The van der Waals surface area contributed by atoms with Gasteiger partial charge in [0, 0.05) is 6.54 Å². The van der Waals surface area contributed by atoms with Crippen molar-refractivity contribution < 1.29 is 18.7 Å². The zero-order valence-electron chi connectivity index (χ0n) is 15.4. The number of carbonyl (C=O) groups excluding carboxylic acids is 2. The van der Waals surface area contributed by atoms with Crippen molar-refractivity contribution in [3.05, 3.63) is 34.8 Å². The Balaban J connectivity index is 1.73. The number of nitrogens with zero attached hydrogens (tertiary/aromatic N) is 1. The molecule has 0 atom stereocenters. The number of furan rings is 1. The highest BCUT2D eigenvalue weighted by atomic mass is 16.5. The molecule has 1 aliphatic carbocycles. The third-order valence-electron chi connectivity index (χ3n) is 4.37. The molecule has 1 aromatic rings. The molecule has 0 bridgehead atoms. The van der Waals surface area contributed by atoms with E-state index in [1.54, 1.807) is 13.0 Å². The van der Waals surface area contributed by atoms with Crippen LogP contribution in [0.4, 0.5) is 0 Å². The molecule has 6 nitrogen and oxygen atoms in total. The van der Waals surface area contributed by atoms with Gasteiger partial charge in [0.1, 0.15) is 17.1 Å². The van der Waals surface area contributed by atoms with Gasteiger partial charge in [-0.25, -0.2) is 4.79 Å². The van der Waals surface area contributed by atoms with Crippen LogP contribution in [0.1, 0.15) is 54.0 Å². The molecule has 25 heavy (non-hydrogen) atoms. The number of methoxy groups -OCH3 is 1. The van der Waals surface area contributed by atoms with E-state index in [1.165, 1.54) is 31.9 Å².